The summed E-state index contributed by atoms with van der Waals surface area (Å²) >= 11 is 1.73. The van der Waals surface area contributed by atoms with Crippen molar-refractivity contribution in [3.05, 3.63) is 48.2 Å². The minimum atomic E-state index is 0.241. The van der Waals surface area contributed by atoms with Gasteiger partial charge in [-0.25, -0.2) is 4.98 Å². The normalized spacial score (nSPS) is 17.9. The molecule has 1 atom stereocenters. The maximum absolute atomic E-state index is 5.67. The highest BCUT2D eigenvalue weighted by Crippen LogP contribution is 2.44. The van der Waals surface area contributed by atoms with E-state index in [0.717, 1.165) is 16.2 Å². The Morgan fingerprint density at radius 3 is 2.75 bits per heavy atom. The molecule has 1 aromatic carbocycles. The van der Waals surface area contributed by atoms with Gasteiger partial charge in [0.05, 0.1) is 5.69 Å². The minimum Gasteiger partial charge on any atom is -0.367 e. The summed E-state index contributed by atoms with van der Waals surface area (Å²) in [6.45, 7) is 0. The zero-order chi connectivity index (χ0) is 11.0. The average molecular weight is 224 g/mol. The first-order valence-electron chi connectivity index (χ1n) is 5.06. The second-order valence-electron chi connectivity index (χ2n) is 3.67. The summed E-state index contributed by atoms with van der Waals surface area (Å²) in [4.78, 5) is 4.33. The van der Waals surface area contributed by atoms with Crippen LogP contribution in [0.1, 0.15) is 10.9 Å². The number of rotatable bonds is 1. The minimum absolute atomic E-state index is 0.241. The molecule has 2 nitrogen and oxygen atoms in total. The molecule has 0 fully saturated rings. The van der Waals surface area contributed by atoms with Crippen molar-refractivity contribution in [1.82, 2.24) is 4.98 Å². The summed E-state index contributed by atoms with van der Waals surface area (Å²) in [5, 5.41) is 4.73. The van der Waals surface area contributed by atoms with Crippen LogP contribution < -0.4 is 10.8 Å². The van der Waals surface area contributed by atoms with E-state index in [1.165, 1.54) is 5.56 Å². The number of aromatic nitrogens is 1. The number of benzene rings is 1. The molecular weight excluding hydrogens is 215 g/mol. The van der Waals surface area contributed by atoms with E-state index in [0.29, 0.717) is 0 Å². The van der Waals surface area contributed by atoms with Gasteiger partial charge in [0.2, 0.25) is 0 Å². The average Bonchev–Trinajstić information content (AvgIpc) is 2.73. The van der Waals surface area contributed by atoms with Crippen molar-refractivity contribution in [1.29, 1.82) is 0 Å². The van der Waals surface area contributed by atoms with E-state index in [1.807, 2.05) is 42.6 Å². The fourth-order valence-electron chi connectivity index (χ4n) is 1.70. The molecule has 0 bridgehead atoms. The van der Waals surface area contributed by atoms with Crippen molar-refractivity contribution in [3.63, 3.8) is 0 Å². The Balaban J connectivity index is 1.88. The quantitative estimate of drug-likeness (QED) is 0.750. The van der Waals surface area contributed by atoms with Gasteiger partial charge in [-0.2, -0.15) is 0 Å². The Morgan fingerprint density at radius 2 is 2.00 bits per heavy atom. The molecule has 2 aromatic rings. The predicted octanol–water partition coefficient (Wildman–Crippen LogP) is 2.09. The van der Waals surface area contributed by atoms with Crippen molar-refractivity contribution < 1.29 is 0 Å². The summed E-state index contributed by atoms with van der Waals surface area (Å²) in [5.74, 6) is 0. The van der Waals surface area contributed by atoms with E-state index in [2.05, 4.69) is 10.3 Å². The number of hydrogen-bond donors (Lipinski definition) is 1. The molecule has 0 aliphatic carbocycles. The number of hydrogen-bond acceptors (Lipinski definition) is 3. The largest absolute Gasteiger partial charge is 0.367 e. The van der Waals surface area contributed by atoms with Gasteiger partial charge in [0, 0.05) is 6.20 Å². The van der Waals surface area contributed by atoms with E-state index < -0.39 is 0 Å². The van der Waals surface area contributed by atoms with Crippen LogP contribution in [-0.4, -0.2) is 12.8 Å². The Labute approximate surface area is 99.9 Å². The zero-order valence-electron chi connectivity index (χ0n) is 8.55. The molecule has 0 saturated carbocycles. The molecule has 3 rings (SSSR count). The number of nitrogens with one attached hydrogen (secondary N) is 1. The summed E-state index contributed by atoms with van der Waals surface area (Å²) in [6, 6.07) is 11.9. The molecule has 0 spiro atoms. The molecule has 1 aliphatic heterocycles. The van der Waals surface area contributed by atoms with Crippen molar-refractivity contribution in [2.75, 3.05) is 5.32 Å². The van der Waals surface area contributed by atoms with Crippen LogP contribution >= 0.6 is 11.8 Å². The number of nitrogens with zero attached hydrogens (tertiary/aromatic N) is 1. The first-order valence-corrected chi connectivity index (χ1v) is 5.94. The smallest absolute Gasteiger partial charge is 0.121 e. The monoisotopic (exact) mass is 224 g/mol. The van der Waals surface area contributed by atoms with E-state index in [1.54, 1.807) is 11.8 Å². The third kappa shape index (κ3) is 1.69. The first kappa shape index (κ1) is 9.79. The molecule has 4 heteroatoms. The van der Waals surface area contributed by atoms with Crippen LogP contribution in [0.25, 0.3) is 0 Å². The van der Waals surface area contributed by atoms with Crippen LogP contribution in [0.15, 0.2) is 47.6 Å². The van der Waals surface area contributed by atoms with Crippen molar-refractivity contribution >= 4 is 30.8 Å². The van der Waals surface area contributed by atoms with E-state index in [9.17, 15) is 0 Å². The van der Waals surface area contributed by atoms with Gasteiger partial charge in [-0.05, 0) is 17.7 Å². The Morgan fingerprint density at radius 1 is 1.19 bits per heavy atom. The topological polar surface area (TPSA) is 24.9 Å². The molecule has 2 heterocycles. The van der Waals surface area contributed by atoms with Crippen LogP contribution in [0.4, 0.5) is 5.69 Å². The number of pyridine rings is 1. The molecular formula is C12H9BN2S. The van der Waals surface area contributed by atoms with Crippen LogP contribution in [0.2, 0.25) is 0 Å². The van der Waals surface area contributed by atoms with Crippen LogP contribution in [-0.2, 0) is 0 Å². The van der Waals surface area contributed by atoms with E-state index >= 15 is 0 Å². The fourth-order valence-corrected chi connectivity index (χ4v) is 2.78. The Bertz CT molecular complexity index is 488. The molecule has 2 radical (unpaired) electrons. The van der Waals surface area contributed by atoms with Gasteiger partial charge < -0.3 is 5.32 Å². The van der Waals surface area contributed by atoms with E-state index in [4.69, 9.17) is 7.85 Å². The molecule has 1 unspecified atom stereocenters. The highest BCUT2D eigenvalue weighted by molar-refractivity contribution is 8.00. The second-order valence-corrected chi connectivity index (χ2v) is 4.76. The number of anilines is 1. The fraction of sp³-hybridized carbons (Fsp3) is 0.0833. The van der Waals surface area contributed by atoms with Crippen molar-refractivity contribution in [2.45, 2.75) is 10.4 Å². The second kappa shape index (κ2) is 3.87. The van der Waals surface area contributed by atoms with Gasteiger partial charge in [-0.1, -0.05) is 41.5 Å². The summed E-state index contributed by atoms with van der Waals surface area (Å²) < 4.78 is 0. The van der Waals surface area contributed by atoms with Crippen molar-refractivity contribution in [3.8, 4) is 0 Å². The van der Waals surface area contributed by atoms with E-state index in [-0.39, 0.29) is 5.37 Å². The number of thioether (sulfide) groups is 1. The summed E-state index contributed by atoms with van der Waals surface area (Å²) in [5.41, 5.74) is 3.12. The van der Waals surface area contributed by atoms with Gasteiger partial charge in [0.1, 0.15) is 18.2 Å². The van der Waals surface area contributed by atoms with Crippen LogP contribution in [0.5, 0.6) is 0 Å². The standard InChI is InChI=1S/C12H9BN2S/c13-9-5-3-8(4-6-9)11-15-10-2-1-7-14-12(10)16-11/h1-7,11,15H. The maximum Gasteiger partial charge on any atom is 0.121 e. The Kier molecular flexibility index (Phi) is 2.37. The molecule has 0 amide bonds. The predicted molar refractivity (Wildman–Crippen MR) is 68.3 cm³/mol. The highest BCUT2D eigenvalue weighted by atomic mass is 32.2. The molecule has 0 saturated heterocycles. The zero-order valence-corrected chi connectivity index (χ0v) is 9.37. The lowest BCUT2D eigenvalue weighted by molar-refractivity contribution is 1.12. The molecule has 1 aliphatic rings. The van der Waals surface area contributed by atoms with Crippen molar-refractivity contribution in [2.24, 2.45) is 0 Å². The summed E-state index contributed by atoms with van der Waals surface area (Å²) in [7, 11) is 5.67. The third-order valence-corrected chi connectivity index (χ3v) is 3.70. The first-order chi connectivity index (χ1) is 7.83. The Hall–Kier alpha value is -1.42. The van der Waals surface area contributed by atoms with Gasteiger partial charge in [-0.15, -0.1) is 0 Å². The molecule has 76 valence electrons. The highest BCUT2D eigenvalue weighted by Gasteiger charge is 2.23. The van der Waals surface area contributed by atoms with Gasteiger partial charge in [-0.3, -0.25) is 0 Å². The van der Waals surface area contributed by atoms with Gasteiger partial charge in [0.25, 0.3) is 0 Å². The third-order valence-electron chi connectivity index (χ3n) is 2.53. The molecule has 16 heavy (non-hydrogen) atoms. The van der Waals surface area contributed by atoms with Gasteiger partial charge in [0.15, 0.2) is 0 Å². The molecule has 1 aromatic heterocycles. The lowest BCUT2D eigenvalue weighted by Gasteiger charge is -2.10. The van der Waals surface area contributed by atoms with Gasteiger partial charge >= 0.3 is 0 Å². The van der Waals surface area contributed by atoms with Crippen LogP contribution in [0, 0.1) is 0 Å². The maximum atomic E-state index is 5.67. The number of fused-ring (bicyclic) bond motifs is 1. The molecule has 1 N–H and O–H groups in total. The van der Waals surface area contributed by atoms with Crippen LogP contribution in [0.3, 0.4) is 0 Å². The SMILES string of the molecule is [B]c1ccc(C2Nc3cccnc3S2)cc1. The summed E-state index contributed by atoms with van der Waals surface area (Å²) in [6.07, 6.45) is 1.82. The lowest BCUT2D eigenvalue weighted by Crippen LogP contribution is -2.05. The lowest BCUT2D eigenvalue weighted by atomic mass is 9.95.